The summed E-state index contributed by atoms with van der Waals surface area (Å²) in [6, 6.07) is 3.65. The summed E-state index contributed by atoms with van der Waals surface area (Å²) in [5, 5.41) is 0. The Bertz CT molecular complexity index is 605. The number of rotatable bonds is 3. The minimum atomic E-state index is -1.10. The minimum absolute atomic E-state index is 0.149. The highest BCUT2D eigenvalue weighted by Gasteiger charge is 2.12. The van der Waals surface area contributed by atoms with Gasteiger partial charge in [0.2, 0.25) is 5.82 Å². The molecule has 92 valence electrons. The van der Waals surface area contributed by atoms with E-state index < -0.39 is 11.6 Å². The molecule has 0 fully saturated rings. The summed E-state index contributed by atoms with van der Waals surface area (Å²) >= 11 is 3.03. The van der Waals surface area contributed by atoms with Crippen LogP contribution in [0.15, 0.2) is 35.1 Å². The van der Waals surface area contributed by atoms with E-state index in [0.29, 0.717) is 10.8 Å². The van der Waals surface area contributed by atoms with Crippen LogP contribution in [0.5, 0.6) is 11.5 Å². The molecule has 0 amide bonds. The van der Waals surface area contributed by atoms with Gasteiger partial charge < -0.3 is 4.74 Å². The van der Waals surface area contributed by atoms with Gasteiger partial charge in [-0.3, -0.25) is 9.78 Å². The van der Waals surface area contributed by atoms with E-state index >= 15 is 0 Å². The van der Waals surface area contributed by atoms with Gasteiger partial charge in [0.1, 0.15) is 5.75 Å². The maximum atomic E-state index is 13.4. The molecule has 0 aliphatic heterocycles. The molecular weight excluding hydrogens is 308 g/mol. The van der Waals surface area contributed by atoms with Crippen LogP contribution in [0.1, 0.15) is 10.4 Å². The zero-order chi connectivity index (χ0) is 13.1. The van der Waals surface area contributed by atoms with Crippen molar-refractivity contribution in [3.8, 4) is 11.5 Å². The van der Waals surface area contributed by atoms with Crippen LogP contribution in [-0.4, -0.2) is 11.3 Å². The number of ether oxygens (including phenoxy) is 1. The second-order valence-corrected chi connectivity index (χ2v) is 4.29. The van der Waals surface area contributed by atoms with Crippen molar-refractivity contribution < 1.29 is 18.3 Å². The van der Waals surface area contributed by atoms with E-state index in [2.05, 4.69) is 20.9 Å². The number of hydrogen-bond donors (Lipinski definition) is 0. The molecule has 0 aliphatic carbocycles. The Morgan fingerprint density at radius 3 is 2.72 bits per heavy atom. The van der Waals surface area contributed by atoms with Crippen molar-refractivity contribution >= 4 is 22.2 Å². The van der Waals surface area contributed by atoms with E-state index in [0.717, 1.165) is 6.07 Å². The highest BCUT2D eigenvalue weighted by molar-refractivity contribution is 9.10. The Morgan fingerprint density at radius 1 is 1.22 bits per heavy atom. The SMILES string of the molecule is O=Cc1cncc(Oc2cc(Br)cc(F)c2F)c1. The zero-order valence-electron chi connectivity index (χ0n) is 8.86. The largest absolute Gasteiger partial charge is 0.452 e. The number of benzene rings is 1. The maximum Gasteiger partial charge on any atom is 0.201 e. The van der Waals surface area contributed by atoms with E-state index in [1.807, 2.05) is 0 Å². The van der Waals surface area contributed by atoms with Crippen LogP contribution in [-0.2, 0) is 0 Å². The monoisotopic (exact) mass is 313 g/mol. The zero-order valence-corrected chi connectivity index (χ0v) is 10.4. The van der Waals surface area contributed by atoms with Crippen molar-refractivity contribution in [2.75, 3.05) is 0 Å². The van der Waals surface area contributed by atoms with Gasteiger partial charge in [0.15, 0.2) is 17.9 Å². The first-order chi connectivity index (χ1) is 8.60. The topological polar surface area (TPSA) is 39.2 Å². The first kappa shape index (κ1) is 12.6. The Balaban J connectivity index is 2.36. The Morgan fingerprint density at radius 2 is 2.00 bits per heavy atom. The van der Waals surface area contributed by atoms with Crippen LogP contribution in [0.25, 0.3) is 0 Å². The minimum Gasteiger partial charge on any atom is -0.452 e. The van der Waals surface area contributed by atoms with Crippen LogP contribution in [0.4, 0.5) is 8.78 Å². The molecule has 0 atom stereocenters. The van der Waals surface area contributed by atoms with Crippen LogP contribution < -0.4 is 4.74 Å². The molecule has 3 nitrogen and oxygen atoms in total. The molecule has 0 radical (unpaired) electrons. The van der Waals surface area contributed by atoms with E-state index in [4.69, 9.17) is 4.74 Å². The quantitative estimate of drug-likeness (QED) is 0.640. The van der Waals surface area contributed by atoms with Gasteiger partial charge in [-0.25, -0.2) is 4.39 Å². The summed E-state index contributed by atoms with van der Waals surface area (Å²) in [4.78, 5) is 14.3. The second-order valence-electron chi connectivity index (χ2n) is 3.37. The highest BCUT2D eigenvalue weighted by atomic mass is 79.9. The van der Waals surface area contributed by atoms with Gasteiger partial charge in [0.05, 0.1) is 6.20 Å². The third-order valence-electron chi connectivity index (χ3n) is 2.06. The lowest BCUT2D eigenvalue weighted by Gasteiger charge is -2.07. The number of aldehydes is 1. The molecule has 0 aliphatic rings. The average Bonchev–Trinajstić information content (AvgIpc) is 2.35. The van der Waals surface area contributed by atoms with Gasteiger partial charge in [0.25, 0.3) is 0 Å². The molecule has 2 aromatic rings. The summed E-state index contributed by atoms with van der Waals surface area (Å²) in [6.07, 6.45) is 3.21. The fraction of sp³-hybridized carbons (Fsp3) is 0. The number of pyridine rings is 1. The predicted octanol–water partition coefficient (Wildman–Crippen LogP) is 3.73. The molecule has 1 heterocycles. The van der Waals surface area contributed by atoms with E-state index in [1.165, 1.54) is 24.5 Å². The fourth-order valence-corrected chi connectivity index (χ4v) is 1.70. The number of carbonyl (C=O) groups excluding carboxylic acids is 1. The molecule has 0 bridgehead atoms. The van der Waals surface area contributed by atoms with Gasteiger partial charge in [-0.2, -0.15) is 4.39 Å². The number of halogens is 3. The molecule has 1 aromatic carbocycles. The van der Waals surface area contributed by atoms with Gasteiger partial charge >= 0.3 is 0 Å². The van der Waals surface area contributed by atoms with Crippen LogP contribution in [0.3, 0.4) is 0 Å². The molecule has 18 heavy (non-hydrogen) atoms. The Hall–Kier alpha value is -1.82. The predicted molar refractivity (Wildman–Crippen MR) is 63.8 cm³/mol. The molecule has 0 N–H and O–H groups in total. The van der Waals surface area contributed by atoms with Gasteiger partial charge in [0, 0.05) is 16.2 Å². The third-order valence-corrected chi connectivity index (χ3v) is 2.52. The normalized spacial score (nSPS) is 10.2. The summed E-state index contributed by atoms with van der Waals surface area (Å²) in [7, 11) is 0. The van der Waals surface area contributed by atoms with Crippen molar-refractivity contribution in [2.45, 2.75) is 0 Å². The molecule has 0 saturated heterocycles. The Kier molecular flexibility index (Phi) is 3.66. The number of hydrogen-bond acceptors (Lipinski definition) is 3. The third kappa shape index (κ3) is 2.70. The lowest BCUT2D eigenvalue weighted by atomic mass is 10.3. The molecular formula is C12H6BrF2NO2. The smallest absolute Gasteiger partial charge is 0.201 e. The maximum absolute atomic E-state index is 13.4. The first-order valence-electron chi connectivity index (χ1n) is 4.83. The molecule has 0 spiro atoms. The number of aromatic nitrogens is 1. The van der Waals surface area contributed by atoms with Gasteiger partial charge in [-0.05, 0) is 18.2 Å². The van der Waals surface area contributed by atoms with Crippen LogP contribution in [0, 0.1) is 11.6 Å². The molecule has 0 unspecified atom stereocenters. The lowest BCUT2D eigenvalue weighted by Crippen LogP contribution is -1.93. The van der Waals surface area contributed by atoms with Gasteiger partial charge in [-0.1, -0.05) is 15.9 Å². The second kappa shape index (κ2) is 5.22. The average molecular weight is 314 g/mol. The standard InChI is InChI=1S/C12H6BrF2NO2/c13-8-2-10(14)12(15)11(3-8)18-9-1-7(6-17)4-16-5-9/h1-6H. The van der Waals surface area contributed by atoms with Crippen molar-refractivity contribution in [3.05, 3.63) is 52.3 Å². The first-order valence-corrected chi connectivity index (χ1v) is 5.62. The summed E-state index contributed by atoms with van der Waals surface area (Å²) < 4.78 is 32.1. The number of nitrogens with zero attached hydrogens (tertiary/aromatic N) is 1. The van der Waals surface area contributed by atoms with Crippen molar-refractivity contribution in [3.63, 3.8) is 0 Å². The highest BCUT2D eigenvalue weighted by Crippen LogP contribution is 2.29. The summed E-state index contributed by atoms with van der Waals surface area (Å²) in [6.45, 7) is 0. The fourth-order valence-electron chi connectivity index (χ4n) is 1.29. The van der Waals surface area contributed by atoms with Crippen molar-refractivity contribution in [2.24, 2.45) is 0 Å². The molecule has 6 heteroatoms. The van der Waals surface area contributed by atoms with E-state index in [1.54, 1.807) is 0 Å². The van der Waals surface area contributed by atoms with Crippen LogP contribution in [0.2, 0.25) is 0 Å². The molecule has 2 rings (SSSR count). The summed E-state index contributed by atoms with van der Waals surface area (Å²) in [5.41, 5.74) is 0.281. The van der Waals surface area contributed by atoms with E-state index in [-0.39, 0.29) is 17.1 Å². The number of carbonyl (C=O) groups is 1. The molecule has 1 aromatic heterocycles. The van der Waals surface area contributed by atoms with Crippen LogP contribution >= 0.6 is 15.9 Å². The molecule has 0 saturated carbocycles. The summed E-state index contributed by atoms with van der Waals surface area (Å²) in [5.74, 6) is -2.27. The Labute approximate surface area is 110 Å². The van der Waals surface area contributed by atoms with Crippen molar-refractivity contribution in [1.29, 1.82) is 0 Å². The lowest BCUT2D eigenvalue weighted by molar-refractivity contribution is 0.112. The van der Waals surface area contributed by atoms with E-state index in [9.17, 15) is 13.6 Å². The van der Waals surface area contributed by atoms with Gasteiger partial charge in [-0.15, -0.1) is 0 Å². The van der Waals surface area contributed by atoms with Crippen molar-refractivity contribution in [1.82, 2.24) is 4.98 Å².